The number of halogens is 1. The SMILES string of the molecule is CN(CC(=O)N1CCC(=O)CC1)Cc1ccccc1Br. The number of likely N-dealkylation sites (tertiary alicyclic amines) is 1. The fourth-order valence-electron chi connectivity index (χ4n) is 2.31. The molecule has 0 spiro atoms. The molecule has 1 fully saturated rings. The van der Waals surface area contributed by atoms with E-state index in [1.807, 2.05) is 36.2 Å². The van der Waals surface area contributed by atoms with E-state index in [2.05, 4.69) is 15.9 Å². The van der Waals surface area contributed by atoms with Gasteiger partial charge in [-0.2, -0.15) is 0 Å². The minimum Gasteiger partial charge on any atom is -0.341 e. The summed E-state index contributed by atoms with van der Waals surface area (Å²) in [5.74, 6) is 0.364. The van der Waals surface area contributed by atoms with Crippen molar-refractivity contribution in [1.82, 2.24) is 9.80 Å². The molecule has 1 aromatic rings. The van der Waals surface area contributed by atoms with E-state index in [0.29, 0.717) is 32.5 Å². The van der Waals surface area contributed by atoms with Crippen molar-refractivity contribution in [2.45, 2.75) is 19.4 Å². The van der Waals surface area contributed by atoms with E-state index in [1.54, 1.807) is 4.90 Å². The number of likely N-dealkylation sites (N-methyl/N-ethyl adjacent to an activating group) is 1. The van der Waals surface area contributed by atoms with Gasteiger partial charge in [0.25, 0.3) is 0 Å². The van der Waals surface area contributed by atoms with Crippen molar-refractivity contribution in [2.75, 3.05) is 26.7 Å². The van der Waals surface area contributed by atoms with Crippen molar-refractivity contribution < 1.29 is 9.59 Å². The van der Waals surface area contributed by atoms with E-state index in [4.69, 9.17) is 0 Å². The Hall–Kier alpha value is -1.20. The van der Waals surface area contributed by atoms with Crippen LogP contribution in [-0.4, -0.2) is 48.2 Å². The minimum atomic E-state index is 0.104. The smallest absolute Gasteiger partial charge is 0.236 e. The Morgan fingerprint density at radius 3 is 2.60 bits per heavy atom. The van der Waals surface area contributed by atoms with Crippen LogP contribution in [0, 0.1) is 0 Å². The van der Waals surface area contributed by atoms with Crippen LogP contribution in [0.25, 0.3) is 0 Å². The zero-order valence-electron chi connectivity index (χ0n) is 11.6. The number of hydrogen-bond donors (Lipinski definition) is 0. The lowest BCUT2D eigenvalue weighted by Crippen LogP contribution is -2.43. The Bertz CT molecular complexity index is 494. The molecule has 0 aromatic heterocycles. The van der Waals surface area contributed by atoms with Gasteiger partial charge in [-0.3, -0.25) is 14.5 Å². The van der Waals surface area contributed by atoms with E-state index in [9.17, 15) is 9.59 Å². The summed E-state index contributed by atoms with van der Waals surface area (Å²) in [5, 5.41) is 0. The average Bonchev–Trinajstić information content (AvgIpc) is 2.42. The number of nitrogens with zero attached hydrogens (tertiary/aromatic N) is 2. The summed E-state index contributed by atoms with van der Waals surface area (Å²) in [5.41, 5.74) is 1.16. The molecule has 0 bridgehead atoms. The van der Waals surface area contributed by atoms with Gasteiger partial charge in [-0.25, -0.2) is 0 Å². The Kier molecular flexibility index (Phi) is 5.31. The van der Waals surface area contributed by atoms with Crippen LogP contribution in [0.15, 0.2) is 28.7 Å². The molecule has 2 rings (SSSR count). The molecule has 0 atom stereocenters. The lowest BCUT2D eigenvalue weighted by molar-refractivity contribution is -0.135. The monoisotopic (exact) mass is 338 g/mol. The highest BCUT2D eigenvalue weighted by Gasteiger charge is 2.21. The van der Waals surface area contributed by atoms with Crippen LogP contribution in [0.3, 0.4) is 0 Å². The second-order valence-electron chi connectivity index (χ2n) is 5.18. The van der Waals surface area contributed by atoms with Crippen LogP contribution in [0.1, 0.15) is 18.4 Å². The molecule has 0 radical (unpaired) electrons. The van der Waals surface area contributed by atoms with E-state index in [1.165, 1.54) is 0 Å². The average molecular weight is 339 g/mol. The van der Waals surface area contributed by atoms with Gasteiger partial charge in [0.05, 0.1) is 6.54 Å². The minimum absolute atomic E-state index is 0.104. The summed E-state index contributed by atoms with van der Waals surface area (Å²) in [7, 11) is 1.94. The third-order valence-corrected chi connectivity index (χ3v) is 4.25. The maximum atomic E-state index is 12.2. The van der Waals surface area contributed by atoms with Crippen molar-refractivity contribution in [1.29, 1.82) is 0 Å². The molecule has 20 heavy (non-hydrogen) atoms. The Morgan fingerprint density at radius 2 is 1.95 bits per heavy atom. The molecule has 5 heteroatoms. The van der Waals surface area contributed by atoms with Gasteiger partial charge in [0.1, 0.15) is 5.78 Å². The van der Waals surface area contributed by atoms with Crippen LogP contribution in [0.4, 0.5) is 0 Å². The predicted octanol–water partition coefficient (Wildman–Crippen LogP) is 2.07. The number of amides is 1. The fraction of sp³-hybridized carbons (Fsp3) is 0.467. The van der Waals surface area contributed by atoms with E-state index in [-0.39, 0.29) is 11.7 Å². The molecule has 1 aromatic carbocycles. The van der Waals surface area contributed by atoms with Gasteiger partial charge < -0.3 is 4.90 Å². The summed E-state index contributed by atoms with van der Waals surface area (Å²) >= 11 is 3.51. The lowest BCUT2D eigenvalue weighted by Gasteiger charge is -2.28. The van der Waals surface area contributed by atoms with Gasteiger partial charge in [0, 0.05) is 36.9 Å². The number of carbonyl (C=O) groups excluding carboxylic acids is 2. The van der Waals surface area contributed by atoms with Crippen molar-refractivity contribution in [3.63, 3.8) is 0 Å². The Labute approximate surface area is 127 Å². The van der Waals surface area contributed by atoms with Gasteiger partial charge in [-0.1, -0.05) is 34.1 Å². The standard InChI is InChI=1S/C15H19BrN2O2/c1-17(10-12-4-2-3-5-14(12)16)11-15(20)18-8-6-13(19)7-9-18/h2-5H,6-11H2,1H3. The number of piperidine rings is 1. The highest BCUT2D eigenvalue weighted by molar-refractivity contribution is 9.10. The third-order valence-electron chi connectivity index (χ3n) is 3.48. The fourth-order valence-corrected chi connectivity index (χ4v) is 2.72. The summed E-state index contributed by atoms with van der Waals surface area (Å²) in [6.45, 7) is 2.25. The lowest BCUT2D eigenvalue weighted by atomic mass is 10.1. The second kappa shape index (κ2) is 6.99. The third kappa shape index (κ3) is 4.15. The van der Waals surface area contributed by atoms with Gasteiger partial charge in [-0.15, -0.1) is 0 Å². The first-order valence-corrected chi connectivity index (χ1v) is 7.57. The van der Waals surface area contributed by atoms with Gasteiger partial charge in [-0.05, 0) is 18.7 Å². The van der Waals surface area contributed by atoms with Crippen LogP contribution in [-0.2, 0) is 16.1 Å². The summed E-state index contributed by atoms with van der Waals surface area (Å²) < 4.78 is 1.06. The van der Waals surface area contributed by atoms with Crippen molar-refractivity contribution >= 4 is 27.6 Å². The molecule has 4 nitrogen and oxygen atoms in total. The molecule has 1 aliphatic heterocycles. The summed E-state index contributed by atoms with van der Waals surface area (Å²) in [4.78, 5) is 27.1. The molecule has 0 unspecified atom stereocenters. The van der Waals surface area contributed by atoms with Gasteiger partial charge >= 0.3 is 0 Å². The summed E-state index contributed by atoms with van der Waals surface area (Å²) in [6, 6.07) is 8.02. The molecule has 0 N–H and O–H groups in total. The first kappa shape index (κ1) is 15.2. The van der Waals surface area contributed by atoms with E-state index >= 15 is 0 Å². The largest absolute Gasteiger partial charge is 0.341 e. The maximum Gasteiger partial charge on any atom is 0.236 e. The molecular weight excluding hydrogens is 320 g/mol. The molecule has 1 heterocycles. The number of hydrogen-bond acceptors (Lipinski definition) is 3. The normalized spacial score (nSPS) is 15.8. The predicted molar refractivity (Wildman–Crippen MR) is 81.3 cm³/mol. The molecule has 108 valence electrons. The molecule has 1 aliphatic rings. The zero-order chi connectivity index (χ0) is 14.5. The van der Waals surface area contributed by atoms with Gasteiger partial charge in [0.2, 0.25) is 5.91 Å². The highest BCUT2D eigenvalue weighted by Crippen LogP contribution is 2.17. The summed E-state index contributed by atoms with van der Waals surface area (Å²) in [6.07, 6.45) is 0.999. The van der Waals surface area contributed by atoms with Crippen LogP contribution in [0.2, 0.25) is 0 Å². The van der Waals surface area contributed by atoms with Crippen molar-refractivity contribution in [3.05, 3.63) is 34.3 Å². The number of Topliss-reactive ketones (excluding diaryl/α,β-unsaturated/α-hetero) is 1. The quantitative estimate of drug-likeness (QED) is 0.843. The maximum absolute atomic E-state index is 12.2. The Morgan fingerprint density at radius 1 is 1.30 bits per heavy atom. The molecular formula is C15H19BrN2O2. The first-order chi connectivity index (χ1) is 9.56. The molecule has 1 saturated heterocycles. The number of benzene rings is 1. The van der Waals surface area contributed by atoms with Gasteiger partial charge in [0.15, 0.2) is 0 Å². The van der Waals surface area contributed by atoms with Crippen LogP contribution >= 0.6 is 15.9 Å². The second-order valence-corrected chi connectivity index (χ2v) is 6.04. The highest BCUT2D eigenvalue weighted by atomic mass is 79.9. The zero-order valence-corrected chi connectivity index (χ0v) is 13.2. The van der Waals surface area contributed by atoms with Crippen LogP contribution in [0.5, 0.6) is 0 Å². The number of ketones is 1. The molecule has 0 aliphatic carbocycles. The topological polar surface area (TPSA) is 40.6 Å². The molecule has 1 amide bonds. The van der Waals surface area contributed by atoms with E-state index < -0.39 is 0 Å². The van der Waals surface area contributed by atoms with Crippen LogP contribution < -0.4 is 0 Å². The van der Waals surface area contributed by atoms with E-state index in [0.717, 1.165) is 16.6 Å². The van der Waals surface area contributed by atoms with Crippen molar-refractivity contribution in [2.24, 2.45) is 0 Å². The number of carbonyl (C=O) groups is 2. The first-order valence-electron chi connectivity index (χ1n) is 6.77. The number of rotatable bonds is 4. The Balaban J connectivity index is 1.85. The van der Waals surface area contributed by atoms with Crippen molar-refractivity contribution in [3.8, 4) is 0 Å². The molecule has 0 saturated carbocycles.